The van der Waals surface area contributed by atoms with Gasteiger partial charge in [0, 0.05) is 12.1 Å². The molecule has 0 saturated carbocycles. The number of urea groups is 1. The number of methoxy groups -OCH3 is 2. The Bertz CT molecular complexity index is 691. The Balaban J connectivity index is 2.06. The Labute approximate surface area is 159 Å². The number of nitrogens with one attached hydrogen (secondary N) is 3. The van der Waals surface area contributed by atoms with Gasteiger partial charge in [-0.3, -0.25) is 14.7 Å². The predicted octanol–water partition coefficient (Wildman–Crippen LogP) is 0.872. The number of imide groups is 1. The lowest BCUT2D eigenvalue weighted by molar-refractivity contribution is -0.124. The Kier molecular flexibility index (Phi) is 7.27. The van der Waals surface area contributed by atoms with Crippen LogP contribution >= 0.6 is 0 Å². The predicted molar refractivity (Wildman–Crippen MR) is 102 cm³/mol. The first-order valence-corrected chi connectivity index (χ1v) is 8.85. The molecule has 2 rings (SSSR count). The van der Waals surface area contributed by atoms with Gasteiger partial charge in [-0.15, -0.1) is 0 Å². The van der Waals surface area contributed by atoms with Crippen molar-refractivity contribution in [3.63, 3.8) is 0 Å². The Hall–Kier alpha value is -2.97. The Morgan fingerprint density at radius 2 is 2.11 bits per heavy atom. The molecular formula is C18H27N5O4. The van der Waals surface area contributed by atoms with Crippen LogP contribution in [-0.2, 0) is 4.79 Å². The van der Waals surface area contributed by atoms with Crippen molar-refractivity contribution in [3.8, 4) is 11.5 Å². The fourth-order valence-electron chi connectivity index (χ4n) is 2.72. The number of aliphatic imine (C=N–C) groups is 1. The average molecular weight is 377 g/mol. The van der Waals surface area contributed by atoms with Gasteiger partial charge in [-0.25, -0.2) is 4.79 Å². The Morgan fingerprint density at radius 1 is 1.33 bits per heavy atom. The molecule has 1 heterocycles. The summed E-state index contributed by atoms with van der Waals surface area (Å²) in [4.78, 5) is 28.8. The van der Waals surface area contributed by atoms with Gasteiger partial charge >= 0.3 is 6.03 Å². The first-order valence-electron chi connectivity index (χ1n) is 8.85. The number of benzene rings is 1. The minimum atomic E-state index is -0.373. The first kappa shape index (κ1) is 20.3. The maximum absolute atomic E-state index is 11.6. The summed E-state index contributed by atoms with van der Waals surface area (Å²) in [6, 6.07) is 5.13. The van der Waals surface area contributed by atoms with Crippen molar-refractivity contribution in [2.24, 2.45) is 4.99 Å². The van der Waals surface area contributed by atoms with Crippen LogP contribution in [0.1, 0.15) is 25.5 Å². The van der Waals surface area contributed by atoms with Gasteiger partial charge in [-0.2, -0.15) is 0 Å². The van der Waals surface area contributed by atoms with Gasteiger partial charge in [0.05, 0.1) is 39.9 Å². The topological polar surface area (TPSA) is 104 Å². The number of carbonyl (C=O) groups excluding carboxylic acids is 2. The second-order valence-electron chi connectivity index (χ2n) is 5.94. The molecule has 1 aromatic carbocycles. The number of rotatable bonds is 8. The molecule has 0 radical (unpaired) electrons. The maximum Gasteiger partial charge on any atom is 0.324 e. The number of guanidine groups is 1. The highest BCUT2D eigenvalue weighted by atomic mass is 16.5. The highest BCUT2D eigenvalue weighted by Crippen LogP contribution is 2.29. The van der Waals surface area contributed by atoms with Crippen LogP contribution in [-0.4, -0.2) is 63.2 Å². The van der Waals surface area contributed by atoms with Crippen LogP contribution in [0.5, 0.6) is 11.5 Å². The molecule has 1 aromatic rings. The molecule has 9 heteroatoms. The van der Waals surface area contributed by atoms with Crippen LogP contribution < -0.4 is 25.4 Å². The molecule has 1 saturated heterocycles. The quantitative estimate of drug-likeness (QED) is 0.353. The second-order valence-corrected chi connectivity index (χ2v) is 5.94. The zero-order chi connectivity index (χ0) is 19.8. The van der Waals surface area contributed by atoms with E-state index in [1.54, 1.807) is 14.2 Å². The molecule has 3 N–H and O–H groups in total. The second kappa shape index (κ2) is 9.65. The average Bonchev–Trinajstić information content (AvgIpc) is 2.99. The van der Waals surface area contributed by atoms with Crippen LogP contribution in [0.2, 0.25) is 0 Å². The molecule has 27 heavy (non-hydrogen) atoms. The number of ether oxygens (including phenoxy) is 2. The molecule has 9 nitrogen and oxygen atoms in total. The molecule has 1 aliphatic rings. The molecule has 1 unspecified atom stereocenters. The van der Waals surface area contributed by atoms with Crippen molar-refractivity contribution in [1.82, 2.24) is 20.9 Å². The van der Waals surface area contributed by atoms with E-state index in [4.69, 9.17) is 9.47 Å². The molecule has 1 fully saturated rings. The molecule has 0 aromatic heterocycles. The summed E-state index contributed by atoms with van der Waals surface area (Å²) < 4.78 is 10.7. The van der Waals surface area contributed by atoms with E-state index in [-0.39, 0.29) is 31.1 Å². The monoisotopic (exact) mass is 377 g/mol. The van der Waals surface area contributed by atoms with Gasteiger partial charge in [-0.1, -0.05) is 0 Å². The molecule has 0 bridgehead atoms. The molecule has 1 aliphatic heterocycles. The van der Waals surface area contributed by atoms with Gasteiger partial charge in [0.2, 0.25) is 5.91 Å². The summed E-state index contributed by atoms with van der Waals surface area (Å²) in [6.07, 6.45) is 0. The summed E-state index contributed by atoms with van der Waals surface area (Å²) >= 11 is 0. The first-order chi connectivity index (χ1) is 13.0. The minimum Gasteiger partial charge on any atom is -0.497 e. The van der Waals surface area contributed by atoms with Crippen molar-refractivity contribution in [2.75, 3.05) is 40.4 Å². The number of hydrogen-bond donors (Lipinski definition) is 3. The van der Waals surface area contributed by atoms with Crippen LogP contribution in [0.25, 0.3) is 0 Å². The summed E-state index contributed by atoms with van der Waals surface area (Å²) in [5.41, 5.74) is 0.927. The SMILES string of the molecule is CCNC(=NCCN1C(=O)CNC1=O)NC(C)c1cc(OC)ccc1OC. The maximum atomic E-state index is 11.6. The Morgan fingerprint density at radius 3 is 2.70 bits per heavy atom. The van der Waals surface area contributed by atoms with Crippen LogP contribution in [0.4, 0.5) is 4.79 Å². The minimum absolute atomic E-state index is 0.0491. The van der Waals surface area contributed by atoms with E-state index < -0.39 is 0 Å². The standard InChI is InChI=1S/C18H27N5O4/c1-5-19-17(20-8-9-23-16(24)11-21-18(23)25)22-12(2)14-10-13(26-3)6-7-15(14)27-4/h6-7,10,12H,5,8-9,11H2,1-4H3,(H,21,25)(H2,19,20,22). The van der Waals surface area contributed by atoms with Crippen LogP contribution in [0.15, 0.2) is 23.2 Å². The van der Waals surface area contributed by atoms with E-state index in [9.17, 15) is 9.59 Å². The normalized spacial score (nSPS) is 15.4. The fourth-order valence-corrected chi connectivity index (χ4v) is 2.72. The number of carbonyl (C=O) groups is 2. The van der Waals surface area contributed by atoms with Crippen molar-refractivity contribution in [2.45, 2.75) is 19.9 Å². The number of hydrogen-bond acceptors (Lipinski definition) is 5. The van der Waals surface area contributed by atoms with E-state index in [1.165, 1.54) is 4.90 Å². The lowest BCUT2D eigenvalue weighted by Crippen LogP contribution is -2.40. The molecule has 0 aliphatic carbocycles. The third kappa shape index (κ3) is 5.25. The van der Waals surface area contributed by atoms with Gasteiger partial charge in [0.1, 0.15) is 11.5 Å². The van der Waals surface area contributed by atoms with Crippen molar-refractivity contribution < 1.29 is 19.1 Å². The smallest absolute Gasteiger partial charge is 0.324 e. The number of amides is 3. The largest absolute Gasteiger partial charge is 0.497 e. The van der Waals surface area contributed by atoms with Crippen molar-refractivity contribution in [1.29, 1.82) is 0 Å². The van der Waals surface area contributed by atoms with Crippen LogP contribution in [0, 0.1) is 0 Å². The summed E-state index contributed by atoms with van der Waals surface area (Å²) in [6.45, 7) is 5.21. The van der Waals surface area contributed by atoms with E-state index in [0.29, 0.717) is 19.0 Å². The van der Waals surface area contributed by atoms with Gasteiger partial charge in [-0.05, 0) is 32.0 Å². The lowest BCUT2D eigenvalue weighted by Gasteiger charge is -2.21. The molecule has 3 amide bonds. The highest BCUT2D eigenvalue weighted by Gasteiger charge is 2.27. The zero-order valence-corrected chi connectivity index (χ0v) is 16.2. The molecule has 148 valence electrons. The highest BCUT2D eigenvalue weighted by molar-refractivity contribution is 6.01. The van der Waals surface area contributed by atoms with E-state index in [0.717, 1.165) is 17.1 Å². The van der Waals surface area contributed by atoms with E-state index in [1.807, 2.05) is 32.0 Å². The number of nitrogens with zero attached hydrogens (tertiary/aromatic N) is 2. The zero-order valence-electron chi connectivity index (χ0n) is 16.2. The fraction of sp³-hybridized carbons (Fsp3) is 0.500. The van der Waals surface area contributed by atoms with Gasteiger partial charge < -0.3 is 25.4 Å². The third-order valence-electron chi connectivity index (χ3n) is 4.13. The van der Waals surface area contributed by atoms with E-state index >= 15 is 0 Å². The molecular weight excluding hydrogens is 350 g/mol. The van der Waals surface area contributed by atoms with Crippen LogP contribution in [0.3, 0.4) is 0 Å². The molecule has 0 spiro atoms. The van der Waals surface area contributed by atoms with Gasteiger partial charge in [0.25, 0.3) is 0 Å². The van der Waals surface area contributed by atoms with E-state index in [2.05, 4.69) is 20.9 Å². The summed E-state index contributed by atoms with van der Waals surface area (Å²) in [5, 5.41) is 8.96. The van der Waals surface area contributed by atoms with Gasteiger partial charge in [0.15, 0.2) is 5.96 Å². The lowest BCUT2D eigenvalue weighted by atomic mass is 10.1. The van der Waals surface area contributed by atoms with Crippen molar-refractivity contribution in [3.05, 3.63) is 23.8 Å². The summed E-state index contributed by atoms with van der Waals surface area (Å²) in [5.74, 6) is 1.83. The summed E-state index contributed by atoms with van der Waals surface area (Å²) in [7, 11) is 3.24. The van der Waals surface area contributed by atoms with Crippen molar-refractivity contribution >= 4 is 17.9 Å². The molecule has 1 atom stereocenters. The third-order valence-corrected chi connectivity index (χ3v) is 4.13.